The first-order chi connectivity index (χ1) is 7.66. The molecule has 1 nitrogen and oxygen atoms in total. The summed E-state index contributed by atoms with van der Waals surface area (Å²) in [5.41, 5.74) is 4.18. The minimum atomic E-state index is -0.139. The van der Waals surface area contributed by atoms with Crippen LogP contribution in [0.5, 0.6) is 0 Å². The molecule has 1 aromatic heterocycles. The van der Waals surface area contributed by atoms with Crippen molar-refractivity contribution in [3.05, 3.63) is 60.5 Å². The normalized spacial score (nSPS) is 10.4. The smallest absolute Gasteiger partial charge is 0.212 e. The van der Waals surface area contributed by atoms with Gasteiger partial charge < -0.3 is 0 Å². The van der Waals surface area contributed by atoms with E-state index in [2.05, 4.69) is 50.0 Å². The highest BCUT2D eigenvalue weighted by molar-refractivity contribution is 5.26. The lowest BCUT2D eigenvalue weighted by molar-refractivity contribution is -0.604. The summed E-state index contributed by atoms with van der Waals surface area (Å²) in [6.45, 7) is 6.57. The van der Waals surface area contributed by atoms with E-state index in [-0.39, 0.29) is 21.2 Å². The monoisotopic (exact) mass is 324 g/mol. The summed E-state index contributed by atoms with van der Waals surface area (Å²) in [6, 6.07) is 10.7. The van der Waals surface area contributed by atoms with Crippen LogP contribution in [0.2, 0.25) is 0 Å². The maximum absolute atomic E-state index is 4.43. The molecular formula is C14H15IN+. The fourth-order valence-corrected chi connectivity index (χ4v) is 4.21. The fraction of sp³-hybridized carbons (Fsp3) is 0.214. The number of nitrogens with zero attached hydrogens (tertiary/aromatic N) is 1. The second-order valence-corrected chi connectivity index (χ2v) is 6.68. The topological polar surface area (TPSA) is 12.9 Å². The van der Waals surface area contributed by atoms with Gasteiger partial charge in [-0.2, -0.15) is 0 Å². The summed E-state index contributed by atoms with van der Waals surface area (Å²) < 4.78 is 2.76. The fourth-order valence-electron chi connectivity index (χ4n) is 1.81. The predicted molar refractivity (Wildman–Crippen MR) is 62.3 cm³/mol. The van der Waals surface area contributed by atoms with Gasteiger partial charge >= 0.3 is 21.2 Å². The Kier molecular flexibility index (Phi) is 3.59. The van der Waals surface area contributed by atoms with E-state index in [1.54, 1.807) is 0 Å². The second-order valence-electron chi connectivity index (χ2n) is 3.96. The quantitative estimate of drug-likeness (QED) is 0.566. The van der Waals surface area contributed by atoms with E-state index in [1.165, 1.54) is 24.0 Å². The molecule has 0 radical (unpaired) electrons. The van der Waals surface area contributed by atoms with Crippen LogP contribution in [0, 0.1) is 28.0 Å². The Balaban J connectivity index is 2.35. The summed E-state index contributed by atoms with van der Waals surface area (Å²) >= 11 is -0.139. The second kappa shape index (κ2) is 4.95. The van der Waals surface area contributed by atoms with Gasteiger partial charge in [0.1, 0.15) is 0 Å². The van der Waals surface area contributed by atoms with E-state index in [9.17, 15) is 0 Å². The molecule has 2 rings (SSSR count). The van der Waals surface area contributed by atoms with Gasteiger partial charge in [0.2, 0.25) is 3.57 Å². The van der Waals surface area contributed by atoms with Crippen molar-refractivity contribution in [3.63, 3.8) is 0 Å². The van der Waals surface area contributed by atoms with Crippen molar-refractivity contribution in [3.8, 4) is 0 Å². The number of halogens is 1. The number of rotatable bonds is 2. The lowest BCUT2D eigenvalue weighted by Crippen LogP contribution is -3.62. The molecule has 2 heteroatoms. The van der Waals surface area contributed by atoms with Crippen LogP contribution in [0.15, 0.2) is 36.5 Å². The molecule has 0 N–H and O–H groups in total. The Labute approximate surface area is 107 Å². The first-order valence-corrected chi connectivity index (χ1v) is 7.46. The third kappa shape index (κ3) is 2.61. The van der Waals surface area contributed by atoms with Crippen molar-refractivity contribution in [1.82, 2.24) is 4.98 Å². The largest absolute Gasteiger partial charge is 0.380 e. The highest BCUT2D eigenvalue weighted by Crippen LogP contribution is 2.07. The molecule has 0 fully saturated rings. The first-order valence-electron chi connectivity index (χ1n) is 5.30. The van der Waals surface area contributed by atoms with Crippen molar-refractivity contribution in [2.75, 3.05) is 0 Å². The summed E-state index contributed by atoms with van der Waals surface area (Å²) in [5.74, 6) is 0. The summed E-state index contributed by atoms with van der Waals surface area (Å²) in [4.78, 5) is 4.43. The average Bonchev–Trinajstić information content (AvgIpc) is 2.25. The average molecular weight is 324 g/mol. The number of hydrogen-bond acceptors (Lipinski definition) is 1. The minimum Gasteiger partial charge on any atom is -0.212 e. The predicted octanol–water partition coefficient (Wildman–Crippen LogP) is 0.135. The number of hydrogen-bond donors (Lipinski definition) is 0. The molecule has 16 heavy (non-hydrogen) atoms. The van der Waals surface area contributed by atoms with Gasteiger partial charge in [-0.15, -0.1) is 0 Å². The van der Waals surface area contributed by atoms with Gasteiger partial charge in [-0.25, -0.2) is 4.98 Å². The molecule has 1 heterocycles. The standard InChI is InChI=1S/C14H15IN/c1-10-8-11(2)14(12(3)9-10)15-13-6-4-5-7-16-13/h4-9H,1-3H3/q+1. The van der Waals surface area contributed by atoms with Crippen LogP contribution in [-0.4, -0.2) is 4.98 Å². The molecule has 0 spiro atoms. The lowest BCUT2D eigenvalue weighted by Gasteiger charge is -2.00. The van der Waals surface area contributed by atoms with Crippen LogP contribution in [0.4, 0.5) is 0 Å². The molecule has 0 atom stereocenters. The van der Waals surface area contributed by atoms with Crippen molar-refractivity contribution in [1.29, 1.82) is 0 Å². The molecule has 0 aliphatic heterocycles. The molecule has 0 saturated carbocycles. The highest BCUT2D eigenvalue weighted by Gasteiger charge is 2.21. The molecule has 0 bridgehead atoms. The third-order valence-electron chi connectivity index (χ3n) is 2.40. The molecule has 0 amide bonds. The van der Waals surface area contributed by atoms with Crippen LogP contribution < -0.4 is 21.2 Å². The molecule has 2 aromatic rings. The van der Waals surface area contributed by atoms with E-state index in [4.69, 9.17) is 0 Å². The number of pyridine rings is 1. The molecular weight excluding hydrogens is 309 g/mol. The van der Waals surface area contributed by atoms with Crippen molar-refractivity contribution < 1.29 is 21.2 Å². The molecule has 0 aliphatic rings. The number of benzene rings is 1. The van der Waals surface area contributed by atoms with Crippen LogP contribution in [0.1, 0.15) is 16.7 Å². The van der Waals surface area contributed by atoms with E-state index in [0.29, 0.717) is 0 Å². The van der Waals surface area contributed by atoms with E-state index < -0.39 is 0 Å². The van der Waals surface area contributed by atoms with Crippen LogP contribution in [0.25, 0.3) is 0 Å². The van der Waals surface area contributed by atoms with Gasteiger partial charge in [0.25, 0.3) is 3.70 Å². The van der Waals surface area contributed by atoms with Gasteiger partial charge in [0, 0.05) is 23.4 Å². The van der Waals surface area contributed by atoms with Gasteiger partial charge in [0.05, 0.1) is 0 Å². The van der Waals surface area contributed by atoms with E-state index in [1.807, 2.05) is 12.3 Å². The van der Waals surface area contributed by atoms with Gasteiger partial charge in [-0.3, -0.25) is 0 Å². The Morgan fingerprint density at radius 1 is 1.00 bits per heavy atom. The maximum atomic E-state index is 4.43. The van der Waals surface area contributed by atoms with Crippen LogP contribution >= 0.6 is 0 Å². The first kappa shape index (κ1) is 11.6. The summed E-state index contributed by atoms with van der Waals surface area (Å²) in [5, 5.41) is 0. The number of aryl methyl sites for hydroxylation is 3. The SMILES string of the molecule is Cc1cc(C)c([I+]c2ccccn2)c(C)c1. The van der Waals surface area contributed by atoms with Crippen LogP contribution in [-0.2, 0) is 0 Å². The van der Waals surface area contributed by atoms with Crippen molar-refractivity contribution >= 4 is 0 Å². The minimum absolute atomic E-state index is 0.139. The zero-order valence-electron chi connectivity index (χ0n) is 9.79. The van der Waals surface area contributed by atoms with Crippen LogP contribution in [0.3, 0.4) is 0 Å². The Hall–Kier alpha value is -0.900. The molecule has 0 saturated heterocycles. The molecule has 1 aromatic carbocycles. The Morgan fingerprint density at radius 3 is 2.25 bits per heavy atom. The lowest BCUT2D eigenvalue weighted by atomic mass is 10.1. The molecule has 0 aliphatic carbocycles. The van der Waals surface area contributed by atoms with E-state index >= 15 is 0 Å². The maximum Gasteiger partial charge on any atom is 0.380 e. The van der Waals surface area contributed by atoms with Gasteiger partial charge in [-0.05, 0) is 26.8 Å². The summed E-state index contributed by atoms with van der Waals surface area (Å²) in [7, 11) is 0. The highest BCUT2D eigenvalue weighted by atomic mass is 127. The number of aromatic nitrogens is 1. The van der Waals surface area contributed by atoms with E-state index in [0.717, 1.165) is 0 Å². The zero-order chi connectivity index (χ0) is 11.5. The molecule has 0 unspecified atom stereocenters. The Bertz CT molecular complexity index is 468. The zero-order valence-corrected chi connectivity index (χ0v) is 11.9. The van der Waals surface area contributed by atoms with Gasteiger partial charge in [-0.1, -0.05) is 23.8 Å². The van der Waals surface area contributed by atoms with Crippen molar-refractivity contribution in [2.24, 2.45) is 0 Å². The molecule has 82 valence electrons. The Morgan fingerprint density at radius 2 is 1.69 bits per heavy atom. The summed E-state index contributed by atoms with van der Waals surface area (Å²) in [6.07, 6.45) is 1.88. The van der Waals surface area contributed by atoms with Gasteiger partial charge in [0.15, 0.2) is 0 Å². The third-order valence-corrected chi connectivity index (χ3v) is 5.83. The van der Waals surface area contributed by atoms with Crippen molar-refractivity contribution in [2.45, 2.75) is 20.8 Å².